The van der Waals surface area contributed by atoms with Crippen molar-refractivity contribution in [3.8, 4) is 0 Å². The molecule has 0 spiro atoms. The fourth-order valence-corrected chi connectivity index (χ4v) is 1.07. The smallest absolute Gasteiger partial charge is 0.00384 e. The minimum atomic E-state index is 0.718. The molecule has 0 bridgehead atoms. The molecule has 0 unspecified atom stereocenters. The monoisotopic (exact) mass is 159 g/mol. The Bertz CT molecular complexity index is 59.9. The third-order valence-corrected chi connectivity index (χ3v) is 1.65. The molecule has 0 aliphatic rings. The lowest BCUT2D eigenvalue weighted by Gasteiger charge is -2.23. The summed E-state index contributed by atoms with van der Waals surface area (Å²) in [7, 11) is 0. The van der Waals surface area contributed by atoms with Crippen LogP contribution in [0.3, 0.4) is 0 Å². The quantitative estimate of drug-likeness (QED) is 0.609. The van der Waals surface area contributed by atoms with E-state index >= 15 is 0 Å². The summed E-state index contributed by atoms with van der Waals surface area (Å²) in [6.07, 6.45) is 1.27. The Balaban J connectivity index is 0. The highest BCUT2D eigenvalue weighted by Gasteiger charge is 2.02. The molecule has 0 aliphatic carbocycles. The second-order valence-electron chi connectivity index (χ2n) is 2.72. The van der Waals surface area contributed by atoms with E-state index < -0.39 is 0 Å². The lowest BCUT2D eigenvalue weighted by atomic mass is 10.3. The molecule has 11 heavy (non-hydrogen) atoms. The highest BCUT2D eigenvalue weighted by Crippen LogP contribution is 1.97. The molecule has 1 heteroatoms. The van der Waals surface area contributed by atoms with Crippen molar-refractivity contribution in [1.29, 1.82) is 0 Å². The molecule has 1 nitrogen and oxygen atoms in total. The van der Waals surface area contributed by atoms with Gasteiger partial charge in [0, 0.05) is 6.04 Å². The highest BCUT2D eigenvalue weighted by molar-refractivity contribution is 4.58. The van der Waals surface area contributed by atoms with Crippen LogP contribution in [0, 0.1) is 0 Å². The van der Waals surface area contributed by atoms with Crippen LogP contribution in [0.2, 0.25) is 0 Å². The standard InChI is InChI=1S/C8H19N.C2H6/c1-5-7-9(6-2)8(3)4;1-2/h8H,5-7H2,1-4H3;1-2H3. The van der Waals surface area contributed by atoms with E-state index in [1.165, 1.54) is 19.5 Å². The van der Waals surface area contributed by atoms with Crippen molar-refractivity contribution >= 4 is 0 Å². The predicted molar refractivity (Wildman–Crippen MR) is 54.0 cm³/mol. The average molecular weight is 159 g/mol. The van der Waals surface area contributed by atoms with E-state index in [1.807, 2.05) is 13.8 Å². The summed E-state index contributed by atoms with van der Waals surface area (Å²) in [5.74, 6) is 0. The molecule has 0 rings (SSSR count). The number of rotatable bonds is 4. The van der Waals surface area contributed by atoms with Gasteiger partial charge in [0.15, 0.2) is 0 Å². The van der Waals surface area contributed by atoms with Gasteiger partial charge in [-0.05, 0) is 33.4 Å². The molecule has 0 fully saturated rings. The van der Waals surface area contributed by atoms with Gasteiger partial charge in [-0.3, -0.25) is 0 Å². The van der Waals surface area contributed by atoms with E-state index in [4.69, 9.17) is 0 Å². The van der Waals surface area contributed by atoms with E-state index in [0.717, 1.165) is 6.04 Å². The van der Waals surface area contributed by atoms with Gasteiger partial charge in [-0.1, -0.05) is 27.7 Å². The first-order valence-electron chi connectivity index (χ1n) is 4.96. The first kappa shape index (κ1) is 13.5. The predicted octanol–water partition coefficient (Wildman–Crippen LogP) is 3.15. The third kappa shape index (κ3) is 7.86. The molecule has 0 N–H and O–H groups in total. The van der Waals surface area contributed by atoms with Crippen LogP contribution in [0.1, 0.15) is 48.0 Å². The minimum absolute atomic E-state index is 0.718. The average Bonchev–Trinajstić information content (AvgIpc) is 2.03. The van der Waals surface area contributed by atoms with Gasteiger partial charge in [0.2, 0.25) is 0 Å². The van der Waals surface area contributed by atoms with Crippen molar-refractivity contribution < 1.29 is 0 Å². The van der Waals surface area contributed by atoms with Gasteiger partial charge >= 0.3 is 0 Å². The normalized spacial score (nSPS) is 9.82. The number of nitrogens with zero attached hydrogens (tertiary/aromatic N) is 1. The lowest BCUT2D eigenvalue weighted by Crippen LogP contribution is -2.31. The highest BCUT2D eigenvalue weighted by atomic mass is 15.1. The first-order chi connectivity index (χ1) is 5.22. The Morgan fingerprint density at radius 2 is 1.55 bits per heavy atom. The van der Waals surface area contributed by atoms with Gasteiger partial charge < -0.3 is 4.90 Å². The summed E-state index contributed by atoms with van der Waals surface area (Å²) in [6.45, 7) is 15.4. The molecule has 70 valence electrons. The minimum Gasteiger partial charge on any atom is -0.301 e. The maximum absolute atomic E-state index is 2.47. The van der Waals surface area contributed by atoms with Crippen LogP contribution in [0.5, 0.6) is 0 Å². The van der Waals surface area contributed by atoms with Crippen LogP contribution in [-0.4, -0.2) is 24.0 Å². The summed E-state index contributed by atoms with van der Waals surface area (Å²) in [5, 5.41) is 0. The molecule has 0 radical (unpaired) electrons. The molecule has 0 aromatic carbocycles. The molecule has 0 heterocycles. The third-order valence-electron chi connectivity index (χ3n) is 1.65. The maximum atomic E-state index is 2.47. The van der Waals surface area contributed by atoms with Crippen LogP contribution in [0.15, 0.2) is 0 Å². The van der Waals surface area contributed by atoms with Crippen molar-refractivity contribution in [1.82, 2.24) is 4.90 Å². The van der Waals surface area contributed by atoms with E-state index in [0.29, 0.717) is 0 Å². The number of hydrogen-bond donors (Lipinski definition) is 0. The molecule has 0 aromatic heterocycles. The summed E-state index contributed by atoms with van der Waals surface area (Å²) in [6, 6.07) is 0.718. The Kier molecular flexibility index (Phi) is 12.3. The Morgan fingerprint density at radius 3 is 1.64 bits per heavy atom. The molecule has 0 saturated heterocycles. The van der Waals surface area contributed by atoms with Crippen LogP contribution < -0.4 is 0 Å². The molecule has 0 amide bonds. The Morgan fingerprint density at radius 1 is 1.09 bits per heavy atom. The SMILES string of the molecule is CC.CCCN(CC)C(C)C. The van der Waals surface area contributed by atoms with Gasteiger partial charge in [0.1, 0.15) is 0 Å². The zero-order valence-electron chi connectivity index (χ0n) is 9.15. The largest absolute Gasteiger partial charge is 0.301 e. The Labute approximate surface area is 72.8 Å². The first-order valence-corrected chi connectivity index (χ1v) is 4.96. The Hall–Kier alpha value is -0.0400. The molecular weight excluding hydrogens is 134 g/mol. The van der Waals surface area contributed by atoms with E-state index in [2.05, 4.69) is 32.6 Å². The second-order valence-corrected chi connectivity index (χ2v) is 2.72. The second kappa shape index (κ2) is 9.96. The van der Waals surface area contributed by atoms with Crippen LogP contribution in [-0.2, 0) is 0 Å². The van der Waals surface area contributed by atoms with Crippen LogP contribution in [0.25, 0.3) is 0 Å². The molecule has 0 aromatic rings. The molecule has 0 aliphatic heterocycles. The summed E-state index contributed by atoms with van der Waals surface area (Å²) in [5.41, 5.74) is 0. The van der Waals surface area contributed by atoms with E-state index in [1.54, 1.807) is 0 Å². The van der Waals surface area contributed by atoms with Gasteiger partial charge in [-0.25, -0.2) is 0 Å². The van der Waals surface area contributed by atoms with Crippen LogP contribution >= 0.6 is 0 Å². The van der Waals surface area contributed by atoms with Gasteiger partial charge in [-0.15, -0.1) is 0 Å². The van der Waals surface area contributed by atoms with Gasteiger partial charge in [-0.2, -0.15) is 0 Å². The van der Waals surface area contributed by atoms with Crippen molar-refractivity contribution in [2.24, 2.45) is 0 Å². The lowest BCUT2D eigenvalue weighted by molar-refractivity contribution is 0.234. The van der Waals surface area contributed by atoms with Crippen molar-refractivity contribution in [3.05, 3.63) is 0 Å². The van der Waals surface area contributed by atoms with E-state index in [9.17, 15) is 0 Å². The van der Waals surface area contributed by atoms with Gasteiger partial charge in [0.05, 0.1) is 0 Å². The van der Waals surface area contributed by atoms with E-state index in [-0.39, 0.29) is 0 Å². The van der Waals surface area contributed by atoms with Crippen molar-refractivity contribution in [3.63, 3.8) is 0 Å². The van der Waals surface area contributed by atoms with Crippen molar-refractivity contribution in [2.75, 3.05) is 13.1 Å². The van der Waals surface area contributed by atoms with Crippen molar-refractivity contribution in [2.45, 2.75) is 54.0 Å². The molecule has 0 saturated carbocycles. The zero-order chi connectivity index (χ0) is 9.28. The fourth-order valence-electron chi connectivity index (χ4n) is 1.07. The van der Waals surface area contributed by atoms with Gasteiger partial charge in [0.25, 0.3) is 0 Å². The molecule has 0 atom stereocenters. The summed E-state index contributed by atoms with van der Waals surface area (Å²) < 4.78 is 0. The topological polar surface area (TPSA) is 3.24 Å². The van der Waals surface area contributed by atoms with Crippen LogP contribution in [0.4, 0.5) is 0 Å². The summed E-state index contributed by atoms with van der Waals surface area (Å²) >= 11 is 0. The molecular formula is C10H25N. The zero-order valence-corrected chi connectivity index (χ0v) is 9.15. The maximum Gasteiger partial charge on any atom is 0.00384 e. The number of hydrogen-bond acceptors (Lipinski definition) is 1. The summed E-state index contributed by atoms with van der Waals surface area (Å²) in [4.78, 5) is 2.47. The fraction of sp³-hybridized carbons (Fsp3) is 1.00.